The Morgan fingerprint density at radius 1 is 1.39 bits per heavy atom. The van der Waals surface area contributed by atoms with Gasteiger partial charge in [0.1, 0.15) is 0 Å². The molecule has 3 rings (SSSR count). The molecule has 0 aromatic carbocycles. The molecule has 1 N–H and O–H groups in total. The van der Waals surface area contributed by atoms with Crippen molar-refractivity contribution in [1.29, 1.82) is 0 Å². The molecule has 0 radical (unpaired) electrons. The van der Waals surface area contributed by atoms with E-state index in [-0.39, 0.29) is 0 Å². The molecule has 18 heavy (non-hydrogen) atoms. The van der Waals surface area contributed by atoms with Crippen LogP contribution in [-0.4, -0.2) is 23.6 Å². The summed E-state index contributed by atoms with van der Waals surface area (Å²) in [5.74, 6) is 0.840. The van der Waals surface area contributed by atoms with Crippen LogP contribution >= 0.6 is 11.3 Å². The number of nitrogens with zero attached hydrogens (tertiary/aromatic N) is 3. The third-order valence-corrected chi connectivity index (χ3v) is 4.19. The maximum Gasteiger partial charge on any atom is 0.225 e. The number of hydrogen-bond donors (Lipinski definition) is 1. The molecular weight excluding hydrogens is 244 g/mol. The second kappa shape index (κ2) is 5.04. The quantitative estimate of drug-likeness (QED) is 0.914. The summed E-state index contributed by atoms with van der Waals surface area (Å²) in [4.78, 5) is 12.7. The van der Waals surface area contributed by atoms with Gasteiger partial charge in [-0.1, -0.05) is 0 Å². The van der Waals surface area contributed by atoms with Gasteiger partial charge in [0.25, 0.3) is 0 Å². The van der Waals surface area contributed by atoms with E-state index in [1.54, 1.807) is 0 Å². The van der Waals surface area contributed by atoms with E-state index in [9.17, 15) is 0 Å². The fourth-order valence-corrected chi connectivity index (χ4v) is 3.12. The Bertz CT molecular complexity index is 520. The molecule has 1 aliphatic heterocycles. The van der Waals surface area contributed by atoms with Gasteiger partial charge in [0, 0.05) is 42.5 Å². The summed E-state index contributed by atoms with van der Waals surface area (Å²) < 4.78 is 0. The van der Waals surface area contributed by atoms with E-state index < -0.39 is 0 Å². The molecule has 0 fully saturated rings. The lowest BCUT2D eigenvalue weighted by Crippen LogP contribution is -2.30. The molecule has 0 bridgehead atoms. The van der Waals surface area contributed by atoms with Gasteiger partial charge < -0.3 is 10.2 Å². The van der Waals surface area contributed by atoms with Crippen LogP contribution in [0.3, 0.4) is 0 Å². The zero-order valence-electron chi connectivity index (χ0n) is 10.4. The van der Waals surface area contributed by atoms with Crippen LogP contribution in [0.4, 0.5) is 5.95 Å². The first-order chi connectivity index (χ1) is 8.86. The van der Waals surface area contributed by atoms with Gasteiger partial charge in [-0.2, -0.15) is 0 Å². The third-order valence-electron chi connectivity index (χ3n) is 3.16. The highest BCUT2D eigenvalue weighted by Crippen LogP contribution is 2.25. The second-order valence-electron chi connectivity index (χ2n) is 4.46. The number of fused-ring (bicyclic) bond motifs is 1. The number of rotatable bonds is 3. The minimum atomic E-state index is 0.814. The van der Waals surface area contributed by atoms with Crippen LogP contribution in [0, 0.1) is 0 Å². The van der Waals surface area contributed by atoms with Crippen molar-refractivity contribution in [3.8, 4) is 0 Å². The van der Waals surface area contributed by atoms with Crippen LogP contribution in [0.5, 0.6) is 0 Å². The topological polar surface area (TPSA) is 41.1 Å². The molecule has 0 aliphatic carbocycles. The Labute approximate surface area is 111 Å². The van der Waals surface area contributed by atoms with E-state index in [0.717, 1.165) is 37.6 Å². The standard InChI is InChI=1S/C13H16N4S/c1-14-6-10-7-15-13(16-8-10)17-4-2-12-11(9-17)3-5-18-12/h3,5,7-8,14H,2,4,6,9H2,1H3. The largest absolute Gasteiger partial charge is 0.336 e. The SMILES string of the molecule is CNCc1cnc(N2CCc3sccc3C2)nc1. The van der Waals surface area contributed by atoms with Gasteiger partial charge in [0.05, 0.1) is 0 Å². The monoisotopic (exact) mass is 260 g/mol. The van der Waals surface area contributed by atoms with Crippen LogP contribution in [0.2, 0.25) is 0 Å². The van der Waals surface area contributed by atoms with E-state index in [1.165, 1.54) is 10.4 Å². The number of aromatic nitrogens is 2. The van der Waals surface area contributed by atoms with Crippen molar-refractivity contribution in [2.45, 2.75) is 19.5 Å². The molecule has 94 valence electrons. The van der Waals surface area contributed by atoms with Crippen LogP contribution in [-0.2, 0) is 19.5 Å². The molecule has 0 atom stereocenters. The lowest BCUT2D eigenvalue weighted by atomic mass is 10.1. The maximum absolute atomic E-state index is 4.46. The molecule has 1 aliphatic rings. The van der Waals surface area contributed by atoms with Gasteiger partial charge >= 0.3 is 0 Å². The lowest BCUT2D eigenvalue weighted by Gasteiger charge is -2.26. The van der Waals surface area contributed by atoms with Crippen molar-refractivity contribution in [3.63, 3.8) is 0 Å². The molecular formula is C13H16N4S. The Kier molecular flexibility index (Phi) is 3.25. The molecule has 4 nitrogen and oxygen atoms in total. The normalized spacial score (nSPS) is 14.6. The van der Waals surface area contributed by atoms with Gasteiger partial charge in [-0.25, -0.2) is 9.97 Å². The first kappa shape index (κ1) is 11.6. The Morgan fingerprint density at radius 3 is 3.00 bits per heavy atom. The molecule has 2 aromatic heterocycles. The molecule has 0 saturated heterocycles. The summed E-state index contributed by atoms with van der Waals surface area (Å²) in [7, 11) is 1.93. The van der Waals surface area contributed by atoms with E-state index in [2.05, 4.69) is 31.6 Å². The average molecular weight is 260 g/mol. The number of hydrogen-bond acceptors (Lipinski definition) is 5. The highest BCUT2D eigenvalue weighted by molar-refractivity contribution is 7.10. The lowest BCUT2D eigenvalue weighted by molar-refractivity contribution is 0.713. The highest BCUT2D eigenvalue weighted by Gasteiger charge is 2.18. The molecule has 0 saturated carbocycles. The van der Waals surface area contributed by atoms with E-state index in [4.69, 9.17) is 0 Å². The van der Waals surface area contributed by atoms with Gasteiger partial charge in [-0.05, 0) is 30.5 Å². The van der Waals surface area contributed by atoms with Gasteiger partial charge in [0.15, 0.2) is 0 Å². The van der Waals surface area contributed by atoms with E-state index >= 15 is 0 Å². The molecule has 0 unspecified atom stereocenters. The van der Waals surface area contributed by atoms with Crippen LogP contribution in [0.1, 0.15) is 16.0 Å². The van der Waals surface area contributed by atoms with Crippen LogP contribution in [0.15, 0.2) is 23.8 Å². The Morgan fingerprint density at radius 2 is 2.22 bits per heavy atom. The first-order valence-corrected chi connectivity index (χ1v) is 7.00. The zero-order valence-corrected chi connectivity index (χ0v) is 11.2. The average Bonchev–Trinajstić information content (AvgIpc) is 2.87. The zero-order chi connectivity index (χ0) is 12.4. The van der Waals surface area contributed by atoms with Gasteiger partial charge in [-0.3, -0.25) is 0 Å². The fraction of sp³-hybridized carbons (Fsp3) is 0.385. The first-order valence-electron chi connectivity index (χ1n) is 6.12. The maximum atomic E-state index is 4.46. The summed E-state index contributed by atoms with van der Waals surface area (Å²) in [6.07, 6.45) is 4.92. The summed E-state index contributed by atoms with van der Waals surface area (Å²) in [6, 6.07) is 2.21. The van der Waals surface area contributed by atoms with Crippen molar-refractivity contribution in [3.05, 3.63) is 39.8 Å². The number of anilines is 1. The summed E-state index contributed by atoms with van der Waals surface area (Å²) >= 11 is 1.86. The molecule has 2 aromatic rings. The van der Waals surface area contributed by atoms with Crippen LogP contribution < -0.4 is 10.2 Å². The fourth-order valence-electron chi connectivity index (χ4n) is 2.23. The Hall–Kier alpha value is -1.46. The number of nitrogens with one attached hydrogen (secondary N) is 1. The summed E-state index contributed by atoms with van der Waals surface area (Å²) in [5, 5.41) is 5.27. The second-order valence-corrected chi connectivity index (χ2v) is 5.46. The van der Waals surface area contributed by atoms with Crippen molar-refractivity contribution in [1.82, 2.24) is 15.3 Å². The smallest absolute Gasteiger partial charge is 0.225 e. The van der Waals surface area contributed by atoms with Crippen molar-refractivity contribution < 1.29 is 0 Å². The molecule has 0 spiro atoms. The molecule has 5 heteroatoms. The minimum Gasteiger partial charge on any atom is -0.336 e. The third kappa shape index (κ3) is 2.23. The van der Waals surface area contributed by atoms with Crippen molar-refractivity contribution >= 4 is 17.3 Å². The van der Waals surface area contributed by atoms with Crippen molar-refractivity contribution in [2.24, 2.45) is 0 Å². The number of thiophene rings is 1. The van der Waals surface area contributed by atoms with Crippen LogP contribution in [0.25, 0.3) is 0 Å². The van der Waals surface area contributed by atoms with E-state index in [0.29, 0.717) is 0 Å². The van der Waals surface area contributed by atoms with Gasteiger partial charge in [-0.15, -0.1) is 11.3 Å². The van der Waals surface area contributed by atoms with Crippen molar-refractivity contribution in [2.75, 3.05) is 18.5 Å². The molecule has 0 amide bonds. The summed E-state index contributed by atoms with van der Waals surface area (Å²) in [6.45, 7) is 2.76. The summed E-state index contributed by atoms with van der Waals surface area (Å²) in [5.41, 5.74) is 2.55. The predicted molar refractivity (Wildman–Crippen MR) is 73.9 cm³/mol. The minimum absolute atomic E-state index is 0.814. The Balaban J connectivity index is 1.76. The highest BCUT2D eigenvalue weighted by atomic mass is 32.1. The molecule has 3 heterocycles. The van der Waals surface area contributed by atoms with Gasteiger partial charge in [0.2, 0.25) is 5.95 Å². The van der Waals surface area contributed by atoms with E-state index in [1.807, 2.05) is 30.8 Å². The predicted octanol–water partition coefficient (Wildman–Crippen LogP) is 1.82.